The molecular formula is C19H15FN4O. The topological polar surface area (TPSA) is 63.7 Å². The molecule has 5 nitrogen and oxygen atoms in total. The number of hydrogen-bond acceptors (Lipinski definition) is 4. The average molecular weight is 334 g/mol. The minimum Gasteiger partial charge on any atom is -0.473 e. The molecule has 4 rings (SSSR count). The number of nitrogens with zero attached hydrogens (tertiary/aromatic N) is 4. The maximum absolute atomic E-state index is 14.2. The molecule has 1 aliphatic rings. The van der Waals surface area contributed by atoms with Gasteiger partial charge in [0.05, 0.1) is 17.8 Å². The van der Waals surface area contributed by atoms with Crippen LogP contribution in [-0.2, 0) is 6.61 Å². The van der Waals surface area contributed by atoms with Crippen molar-refractivity contribution in [2.24, 2.45) is 0 Å². The summed E-state index contributed by atoms with van der Waals surface area (Å²) in [5.41, 5.74) is 2.04. The van der Waals surface area contributed by atoms with Crippen LogP contribution in [-0.4, -0.2) is 14.8 Å². The van der Waals surface area contributed by atoms with Crippen LogP contribution < -0.4 is 4.74 Å². The SMILES string of the molecule is N#Cc1ccnc(-n2nccc2OCc2ccc(C3CC3)cc2F)c1. The van der Waals surface area contributed by atoms with Crippen molar-refractivity contribution in [3.63, 3.8) is 0 Å². The Labute approximate surface area is 144 Å². The molecule has 0 saturated heterocycles. The van der Waals surface area contributed by atoms with Crippen molar-refractivity contribution < 1.29 is 9.13 Å². The van der Waals surface area contributed by atoms with Gasteiger partial charge in [0.1, 0.15) is 12.4 Å². The predicted molar refractivity (Wildman–Crippen MR) is 88.8 cm³/mol. The monoisotopic (exact) mass is 334 g/mol. The van der Waals surface area contributed by atoms with Crippen molar-refractivity contribution in [1.29, 1.82) is 5.26 Å². The van der Waals surface area contributed by atoms with Crippen molar-refractivity contribution in [3.05, 3.63) is 71.3 Å². The molecule has 0 aliphatic heterocycles. The second-order valence-electron chi connectivity index (χ2n) is 6.01. The molecule has 0 spiro atoms. The zero-order chi connectivity index (χ0) is 17.2. The number of pyridine rings is 1. The van der Waals surface area contributed by atoms with Gasteiger partial charge >= 0.3 is 0 Å². The third-order valence-corrected chi connectivity index (χ3v) is 4.20. The molecule has 1 aliphatic carbocycles. The van der Waals surface area contributed by atoms with Crippen LogP contribution >= 0.6 is 0 Å². The minimum atomic E-state index is -0.250. The maximum atomic E-state index is 14.2. The molecule has 1 fully saturated rings. The lowest BCUT2D eigenvalue weighted by molar-refractivity contribution is 0.279. The number of rotatable bonds is 5. The van der Waals surface area contributed by atoms with E-state index in [4.69, 9.17) is 10.00 Å². The average Bonchev–Trinajstić information content (AvgIpc) is 3.39. The molecule has 6 heteroatoms. The van der Waals surface area contributed by atoms with Gasteiger partial charge in [0.2, 0.25) is 5.88 Å². The van der Waals surface area contributed by atoms with Crippen LogP contribution in [0.3, 0.4) is 0 Å². The van der Waals surface area contributed by atoms with Crippen LogP contribution in [0.4, 0.5) is 4.39 Å². The van der Waals surface area contributed by atoms with E-state index in [0.717, 1.165) is 18.4 Å². The van der Waals surface area contributed by atoms with Gasteiger partial charge in [-0.15, -0.1) is 0 Å². The normalized spacial score (nSPS) is 13.4. The van der Waals surface area contributed by atoms with Gasteiger partial charge in [0.15, 0.2) is 5.82 Å². The number of benzene rings is 1. The van der Waals surface area contributed by atoms with Gasteiger partial charge in [0, 0.05) is 23.9 Å². The minimum absolute atomic E-state index is 0.0976. The van der Waals surface area contributed by atoms with E-state index < -0.39 is 0 Å². The summed E-state index contributed by atoms with van der Waals surface area (Å²) in [6, 6.07) is 12.3. The number of hydrogen-bond donors (Lipinski definition) is 0. The largest absolute Gasteiger partial charge is 0.473 e. The summed E-state index contributed by atoms with van der Waals surface area (Å²) in [5, 5.41) is 13.2. The first kappa shape index (κ1) is 15.3. The molecule has 1 saturated carbocycles. The third-order valence-electron chi connectivity index (χ3n) is 4.20. The summed E-state index contributed by atoms with van der Waals surface area (Å²) in [6.07, 6.45) is 5.39. The summed E-state index contributed by atoms with van der Waals surface area (Å²) in [6.45, 7) is 0.0976. The lowest BCUT2D eigenvalue weighted by Gasteiger charge is -2.10. The summed E-state index contributed by atoms with van der Waals surface area (Å²) in [5.74, 6) is 1.18. The number of halogens is 1. The van der Waals surface area contributed by atoms with Gasteiger partial charge in [-0.2, -0.15) is 15.0 Å². The summed E-state index contributed by atoms with van der Waals surface area (Å²) >= 11 is 0. The number of nitriles is 1. The zero-order valence-electron chi connectivity index (χ0n) is 13.4. The molecular weight excluding hydrogens is 319 g/mol. The standard InChI is InChI=1S/C19H15FN4O/c20-17-10-15(14-1-2-14)3-4-16(17)12-25-19-6-8-23-24(19)18-9-13(11-21)5-7-22-18/h3-10,14H,1-2,12H2. The van der Waals surface area contributed by atoms with E-state index in [-0.39, 0.29) is 12.4 Å². The molecule has 0 N–H and O–H groups in total. The van der Waals surface area contributed by atoms with E-state index in [9.17, 15) is 4.39 Å². The maximum Gasteiger partial charge on any atom is 0.218 e. The van der Waals surface area contributed by atoms with Crippen LogP contribution in [0.25, 0.3) is 5.82 Å². The molecule has 0 amide bonds. The second-order valence-corrected chi connectivity index (χ2v) is 6.01. The lowest BCUT2D eigenvalue weighted by atomic mass is 10.1. The smallest absolute Gasteiger partial charge is 0.218 e. The van der Waals surface area contributed by atoms with Gasteiger partial charge in [-0.3, -0.25) is 0 Å². The van der Waals surface area contributed by atoms with Crippen LogP contribution in [0.15, 0.2) is 48.8 Å². The highest BCUT2D eigenvalue weighted by molar-refractivity contribution is 5.37. The Morgan fingerprint density at radius 1 is 1.20 bits per heavy atom. The molecule has 2 heterocycles. The number of ether oxygens (including phenoxy) is 1. The first-order valence-corrected chi connectivity index (χ1v) is 8.06. The Hall–Kier alpha value is -3.20. The first-order chi connectivity index (χ1) is 12.2. The molecule has 0 bridgehead atoms. The van der Waals surface area contributed by atoms with E-state index in [2.05, 4.69) is 16.2 Å². The Morgan fingerprint density at radius 3 is 2.84 bits per heavy atom. The molecule has 0 unspecified atom stereocenters. The van der Waals surface area contributed by atoms with Crippen molar-refractivity contribution in [2.45, 2.75) is 25.4 Å². The summed E-state index contributed by atoms with van der Waals surface area (Å²) in [4.78, 5) is 4.20. The van der Waals surface area contributed by atoms with Gasteiger partial charge in [-0.1, -0.05) is 12.1 Å². The highest BCUT2D eigenvalue weighted by Crippen LogP contribution is 2.40. The van der Waals surface area contributed by atoms with E-state index in [0.29, 0.717) is 28.7 Å². The second kappa shape index (κ2) is 6.36. The van der Waals surface area contributed by atoms with Crippen molar-refractivity contribution in [2.75, 3.05) is 0 Å². The van der Waals surface area contributed by atoms with Crippen LogP contribution in [0.5, 0.6) is 5.88 Å². The van der Waals surface area contributed by atoms with Crippen LogP contribution in [0.1, 0.15) is 35.4 Å². The van der Waals surface area contributed by atoms with Crippen molar-refractivity contribution in [1.82, 2.24) is 14.8 Å². The van der Waals surface area contributed by atoms with E-state index in [1.807, 2.05) is 6.07 Å². The summed E-state index contributed by atoms with van der Waals surface area (Å²) in [7, 11) is 0. The van der Waals surface area contributed by atoms with Gasteiger partial charge in [-0.05, 0) is 36.5 Å². The Morgan fingerprint density at radius 2 is 2.08 bits per heavy atom. The molecule has 1 aromatic carbocycles. The molecule has 2 aromatic heterocycles. The lowest BCUT2D eigenvalue weighted by Crippen LogP contribution is -2.06. The molecule has 0 atom stereocenters. The highest BCUT2D eigenvalue weighted by atomic mass is 19.1. The molecule has 124 valence electrons. The van der Waals surface area contributed by atoms with Crippen LogP contribution in [0.2, 0.25) is 0 Å². The molecule has 0 radical (unpaired) electrons. The fourth-order valence-corrected chi connectivity index (χ4v) is 2.68. The number of aromatic nitrogens is 3. The van der Waals surface area contributed by atoms with Crippen molar-refractivity contribution in [3.8, 4) is 17.8 Å². The highest BCUT2D eigenvalue weighted by Gasteiger charge is 2.24. The van der Waals surface area contributed by atoms with E-state index in [1.54, 1.807) is 36.5 Å². The fourth-order valence-electron chi connectivity index (χ4n) is 2.68. The van der Waals surface area contributed by atoms with Gasteiger partial charge in [-0.25, -0.2) is 9.37 Å². The quantitative estimate of drug-likeness (QED) is 0.713. The van der Waals surface area contributed by atoms with Gasteiger partial charge in [0.25, 0.3) is 0 Å². The fraction of sp³-hybridized carbons (Fsp3) is 0.211. The van der Waals surface area contributed by atoms with Crippen molar-refractivity contribution >= 4 is 0 Å². The first-order valence-electron chi connectivity index (χ1n) is 8.06. The van der Waals surface area contributed by atoms with Crippen LogP contribution in [0, 0.1) is 17.1 Å². The Kier molecular flexibility index (Phi) is 3.90. The molecule has 25 heavy (non-hydrogen) atoms. The van der Waals surface area contributed by atoms with Gasteiger partial charge < -0.3 is 4.74 Å². The third kappa shape index (κ3) is 3.22. The Balaban J connectivity index is 1.52. The predicted octanol–water partition coefficient (Wildman–Crippen LogP) is 3.73. The molecule has 3 aromatic rings. The van der Waals surface area contributed by atoms with E-state index in [1.165, 1.54) is 10.9 Å². The zero-order valence-corrected chi connectivity index (χ0v) is 13.4. The Bertz CT molecular complexity index is 956. The summed E-state index contributed by atoms with van der Waals surface area (Å²) < 4.78 is 21.4. The van der Waals surface area contributed by atoms with E-state index >= 15 is 0 Å².